The van der Waals surface area contributed by atoms with Crippen molar-refractivity contribution >= 4 is 17.8 Å². The van der Waals surface area contributed by atoms with Crippen LogP contribution in [0.5, 0.6) is 0 Å². The molecule has 2 atom stereocenters. The van der Waals surface area contributed by atoms with Gasteiger partial charge in [-0.3, -0.25) is 19.9 Å². The van der Waals surface area contributed by atoms with E-state index in [9.17, 15) is 23.2 Å². The van der Waals surface area contributed by atoms with E-state index in [0.29, 0.717) is 11.3 Å². The molecule has 0 aliphatic heterocycles. The van der Waals surface area contributed by atoms with Crippen LogP contribution in [-0.2, 0) is 4.79 Å². The zero-order chi connectivity index (χ0) is 24.4. The first-order chi connectivity index (χ1) is 15.7. The lowest BCUT2D eigenvalue weighted by molar-refractivity contribution is -0.135. The Kier molecular flexibility index (Phi) is 8.42. The highest BCUT2D eigenvalue weighted by Gasteiger charge is 2.48. The van der Waals surface area contributed by atoms with Gasteiger partial charge in [-0.05, 0) is 49.0 Å². The predicted molar refractivity (Wildman–Crippen MR) is 110 cm³/mol. The molecule has 1 heterocycles. The summed E-state index contributed by atoms with van der Waals surface area (Å²) < 4.78 is 27.6. The van der Waals surface area contributed by atoms with Gasteiger partial charge < -0.3 is 16.0 Å². The van der Waals surface area contributed by atoms with Gasteiger partial charge in [0.25, 0.3) is 18.2 Å². The van der Waals surface area contributed by atoms with Crippen LogP contribution in [-0.4, -0.2) is 63.5 Å². The molecule has 172 valence electrons. The Morgan fingerprint density at radius 1 is 1.15 bits per heavy atom. The highest BCUT2D eigenvalue weighted by Crippen LogP contribution is 2.21. The van der Waals surface area contributed by atoms with Crippen LogP contribution in [0.15, 0.2) is 30.5 Å². The van der Waals surface area contributed by atoms with E-state index in [-0.39, 0.29) is 5.56 Å². The van der Waals surface area contributed by atoms with Gasteiger partial charge in [0, 0.05) is 18.2 Å². The van der Waals surface area contributed by atoms with E-state index < -0.39 is 35.9 Å². The molecule has 4 amide bonds. The van der Waals surface area contributed by atoms with Gasteiger partial charge in [0.1, 0.15) is 11.6 Å². The van der Waals surface area contributed by atoms with Gasteiger partial charge in [-0.2, -0.15) is 0 Å². The fraction of sp³-hybridized carbons (Fsp3) is 0.250. The van der Waals surface area contributed by atoms with E-state index in [1.807, 2.05) is 5.32 Å². The van der Waals surface area contributed by atoms with Gasteiger partial charge in [-0.15, -0.1) is 5.10 Å². The minimum Gasteiger partial charge on any atom is -0.341 e. The maximum absolute atomic E-state index is 13.8. The van der Waals surface area contributed by atoms with Crippen LogP contribution in [0.1, 0.15) is 28.5 Å². The van der Waals surface area contributed by atoms with Gasteiger partial charge in [0.15, 0.2) is 5.69 Å². The fourth-order valence-corrected chi connectivity index (χ4v) is 2.49. The lowest BCUT2D eigenvalue weighted by atomic mass is 9.91. The number of urea groups is 1. The quantitative estimate of drug-likeness (QED) is 0.199. The number of aromatic amines is 1. The molecule has 13 heteroatoms. The SMILES string of the molecule is CNC(=O)NC(C)(C(F)F)[C@H](NC(=O)c1ccc(C#CC#Cc2c[nH]nn2)cc1)C(=O)NO. The normalized spacial score (nSPS) is 12.7. The van der Waals surface area contributed by atoms with Crippen LogP contribution < -0.4 is 21.4 Å². The van der Waals surface area contributed by atoms with E-state index in [4.69, 9.17) is 5.21 Å². The lowest BCUT2D eigenvalue weighted by Gasteiger charge is -2.36. The number of hydrogen-bond donors (Lipinski definition) is 6. The number of halogens is 2. The van der Waals surface area contributed by atoms with Crippen molar-refractivity contribution in [3.8, 4) is 23.7 Å². The molecule has 0 aliphatic carbocycles. The van der Waals surface area contributed by atoms with Crippen molar-refractivity contribution in [3.63, 3.8) is 0 Å². The smallest absolute Gasteiger partial charge is 0.315 e. The van der Waals surface area contributed by atoms with Crippen molar-refractivity contribution in [3.05, 3.63) is 47.3 Å². The summed E-state index contributed by atoms with van der Waals surface area (Å²) in [5.41, 5.74) is -0.388. The molecule has 1 aromatic carbocycles. The average molecular weight is 459 g/mol. The maximum atomic E-state index is 13.8. The number of hydroxylamine groups is 1. The predicted octanol–water partition coefficient (Wildman–Crippen LogP) is -0.235. The third kappa shape index (κ3) is 6.49. The third-order valence-electron chi connectivity index (χ3n) is 4.33. The van der Waals surface area contributed by atoms with Gasteiger partial charge in [-0.25, -0.2) is 19.1 Å². The highest BCUT2D eigenvalue weighted by atomic mass is 19.3. The third-order valence-corrected chi connectivity index (χ3v) is 4.33. The Hall–Kier alpha value is -4.49. The molecule has 0 bridgehead atoms. The van der Waals surface area contributed by atoms with Crippen molar-refractivity contribution in [2.24, 2.45) is 0 Å². The van der Waals surface area contributed by atoms with Crippen LogP contribution in [0.25, 0.3) is 0 Å². The summed E-state index contributed by atoms with van der Waals surface area (Å²) in [6.45, 7) is 0.853. The Balaban J connectivity index is 2.19. The summed E-state index contributed by atoms with van der Waals surface area (Å²) in [5.74, 6) is 8.32. The molecule has 11 nitrogen and oxygen atoms in total. The molecule has 0 saturated carbocycles. The summed E-state index contributed by atoms with van der Waals surface area (Å²) in [4.78, 5) is 36.3. The number of carbonyl (C=O) groups excluding carboxylic acids is 3. The number of nitrogens with zero attached hydrogens (tertiary/aromatic N) is 2. The largest absolute Gasteiger partial charge is 0.341 e. The Morgan fingerprint density at radius 3 is 2.36 bits per heavy atom. The number of carbonyl (C=O) groups is 3. The number of nitrogens with one attached hydrogen (secondary N) is 5. The second kappa shape index (κ2) is 11.2. The van der Waals surface area contributed by atoms with Gasteiger partial charge in [0.05, 0.1) is 6.20 Å². The summed E-state index contributed by atoms with van der Waals surface area (Å²) in [7, 11) is 1.19. The molecule has 0 saturated heterocycles. The van der Waals surface area contributed by atoms with Crippen LogP contribution >= 0.6 is 0 Å². The molecular formula is C20H19F2N7O4. The first kappa shape index (κ1) is 24.8. The topological polar surface area (TPSA) is 161 Å². The standard InChI is InChI=1S/C20H19F2N7O4/c1-20(18(21)22,26-19(32)23-2)15(17(31)28-33)25-16(30)13-9-7-12(8-10-13)5-3-4-6-14-11-24-29-27-14/h7-11,15,18,33H,1-2H3,(H,25,30)(H,28,31)(H2,23,26,32)(H,24,27,29)/t15-,20?/m1/s1. The molecular weight excluding hydrogens is 440 g/mol. The minimum absolute atomic E-state index is 0.0153. The molecule has 0 aliphatic rings. The number of rotatable bonds is 6. The van der Waals surface area contributed by atoms with Crippen molar-refractivity contribution in [1.82, 2.24) is 36.8 Å². The van der Waals surface area contributed by atoms with Crippen LogP contribution in [0.3, 0.4) is 0 Å². The maximum Gasteiger partial charge on any atom is 0.315 e. The fourth-order valence-electron chi connectivity index (χ4n) is 2.49. The van der Waals surface area contributed by atoms with Crippen molar-refractivity contribution in [2.75, 3.05) is 7.05 Å². The number of H-pyrrole nitrogens is 1. The average Bonchev–Trinajstić information content (AvgIpc) is 3.33. The number of benzene rings is 1. The number of aromatic nitrogens is 3. The van der Waals surface area contributed by atoms with E-state index in [1.165, 1.54) is 43.0 Å². The molecule has 2 aromatic rings. The number of hydrogen-bond acceptors (Lipinski definition) is 6. The number of amides is 4. The molecule has 1 aromatic heterocycles. The summed E-state index contributed by atoms with van der Waals surface area (Å²) in [6, 6.07) is 2.64. The first-order valence-electron chi connectivity index (χ1n) is 9.22. The van der Waals surface area contributed by atoms with E-state index in [1.54, 1.807) is 0 Å². The summed E-state index contributed by atoms with van der Waals surface area (Å²) in [6.07, 6.45) is -1.79. The second-order valence-electron chi connectivity index (χ2n) is 6.61. The highest BCUT2D eigenvalue weighted by molar-refractivity contribution is 5.98. The van der Waals surface area contributed by atoms with Crippen LogP contribution in [0.4, 0.5) is 13.6 Å². The van der Waals surface area contributed by atoms with Crippen molar-refractivity contribution in [1.29, 1.82) is 0 Å². The van der Waals surface area contributed by atoms with E-state index in [2.05, 4.69) is 49.7 Å². The molecule has 0 radical (unpaired) electrons. The van der Waals surface area contributed by atoms with Crippen LogP contribution in [0, 0.1) is 23.7 Å². The molecule has 1 unspecified atom stereocenters. The zero-order valence-electron chi connectivity index (χ0n) is 17.4. The monoisotopic (exact) mass is 459 g/mol. The van der Waals surface area contributed by atoms with E-state index >= 15 is 0 Å². The lowest BCUT2D eigenvalue weighted by Crippen LogP contribution is -2.69. The molecule has 0 fully saturated rings. The Bertz CT molecular complexity index is 1120. The number of alkyl halides is 2. The van der Waals surface area contributed by atoms with Crippen LogP contribution in [0.2, 0.25) is 0 Å². The Morgan fingerprint density at radius 2 is 1.82 bits per heavy atom. The van der Waals surface area contributed by atoms with Gasteiger partial charge in [-0.1, -0.05) is 11.1 Å². The van der Waals surface area contributed by atoms with Crippen molar-refractivity contribution < 1.29 is 28.4 Å². The molecule has 33 heavy (non-hydrogen) atoms. The van der Waals surface area contributed by atoms with Gasteiger partial charge >= 0.3 is 6.03 Å². The Labute approximate surface area is 186 Å². The summed E-state index contributed by atoms with van der Waals surface area (Å²) in [5, 5.41) is 24.8. The minimum atomic E-state index is -3.28. The molecule has 6 N–H and O–H groups in total. The molecule has 2 rings (SSSR count). The van der Waals surface area contributed by atoms with E-state index in [0.717, 1.165) is 6.92 Å². The van der Waals surface area contributed by atoms with Crippen molar-refractivity contribution in [2.45, 2.75) is 24.9 Å². The first-order valence-corrected chi connectivity index (χ1v) is 9.22. The van der Waals surface area contributed by atoms with Gasteiger partial charge in [0.2, 0.25) is 0 Å². The summed E-state index contributed by atoms with van der Waals surface area (Å²) >= 11 is 0. The zero-order valence-corrected chi connectivity index (χ0v) is 17.4. The second-order valence-corrected chi connectivity index (χ2v) is 6.61. The molecule has 0 spiro atoms.